The van der Waals surface area contributed by atoms with Crippen LogP contribution in [0.15, 0.2) is 17.3 Å². The highest BCUT2D eigenvalue weighted by atomic mass is 127. The average molecular weight is 459 g/mol. The monoisotopic (exact) mass is 458 g/mol. The second-order valence-corrected chi connectivity index (χ2v) is 6.04. The topological polar surface area (TPSA) is 63.7 Å². The van der Waals surface area contributed by atoms with Gasteiger partial charge in [0.25, 0.3) is 0 Å². The molecule has 0 spiro atoms. The predicted octanol–water partition coefficient (Wildman–Crippen LogP) is 3.43. The normalized spacial score (nSPS) is 16.3. The van der Waals surface area contributed by atoms with Crippen molar-refractivity contribution >= 4 is 53.1 Å². The van der Waals surface area contributed by atoms with Crippen LogP contribution in [-0.2, 0) is 0 Å². The van der Waals surface area contributed by atoms with Crippen LogP contribution in [0.3, 0.4) is 0 Å². The molecule has 124 valence electrons. The van der Waals surface area contributed by atoms with Gasteiger partial charge in [0.05, 0.1) is 11.6 Å². The van der Waals surface area contributed by atoms with Gasteiger partial charge >= 0.3 is 0 Å². The maximum absolute atomic E-state index is 5.98. The molecule has 0 radical (unpaired) electrons. The molecule has 1 aliphatic heterocycles. The third-order valence-electron chi connectivity index (χ3n) is 3.49. The molecule has 1 fully saturated rings. The molecule has 1 aromatic heterocycles. The summed E-state index contributed by atoms with van der Waals surface area (Å²) >= 11 is 11.7. The Kier molecular flexibility index (Phi) is 8.56. The molecule has 0 aliphatic carbocycles. The highest BCUT2D eigenvalue weighted by Crippen LogP contribution is 2.24. The van der Waals surface area contributed by atoms with Crippen LogP contribution < -0.4 is 10.5 Å². The summed E-state index contributed by atoms with van der Waals surface area (Å²) in [6.45, 7) is 5.06. The fraction of sp³-hybridized carbons (Fsp3) is 0.571. The molecule has 8 heteroatoms. The lowest BCUT2D eigenvalue weighted by Gasteiger charge is -2.31. The minimum absolute atomic E-state index is 0. The number of pyridine rings is 1. The third kappa shape index (κ3) is 5.96. The number of piperidine rings is 1. The molecule has 0 amide bonds. The largest absolute Gasteiger partial charge is 0.475 e. The van der Waals surface area contributed by atoms with E-state index in [1.54, 1.807) is 6.07 Å². The molecule has 2 heterocycles. The van der Waals surface area contributed by atoms with Crippen molar-refractivity contribution in [3.63, 3.8) is 0 Å². The first-order valence-corrected chi connectivity index (χ1v) is 7.80. The molecule has 1 saturated heterocycles. The van der Waals surface area contributed by atoms with E-state index in [9.17, 15) is 0 Å². The number of halogens is 3. The average Bonchev–Trinajstić information content (AvgIpc) is 2.46. The molecule has 5 nitrogen and oxygen atoms in total. The molecule has 0 aromatic carbocycles. The number of hydrogen-bond donors (Lipinski definition) is 1. The van der Waals surface area contributed by atoms with Crippen molar-refractivity contribution < 1.29 is 4.74 Å². The smallest absolute Gasteiger partial charge is 0.232 e. The summed E-state index contributed by atoms with van der Waals surface area (Å²) in [6, 6.07) is 1.60. The summed E-state index contributed by atoms with van der Waals surface area (Å²) in [7, 11) is 0. The zero-order valence-electron chi connectivity index (χ0n) is 12.5. The lowest BCUT2D eigenvalue weighted by molar-refractivity contribution is 0.275. The van der Waals surface area contributed by atoms with Crippen LogP contribution >= 0.6 is 47.2 Å². The number of hydrogen-bond acceptors (Lipinski definition) is 3. The fourth-order valence-corrected chi connectivity index (χ4v) is 2.58. The van der Waals surface area contributed by atoms with Crippen molar-refractivity contribution in [1.29, 1.82) is 0 Å². The van der Waals surface area contributed by atoms with E-state index in [2.05, 4.69) is 21.8 Å². The Morgan fingerprint density at radius 2 is 2.14 bits per heavy atom. The molecule has 22 heavy (non-hydrogen) atoms. The molecule has 0 atom stereocenters. The molecular weight excluding hydrogens is 438 g/mol. The number of nitrogens with two attached hydrogens (primary N) is 1. The van der Waals surface area contributed by atoms with Crippen LogP contribution in [-0.4, -0.2) is 42.1 Å². The molecule has 0 bridgehead atoms. The number of nitrogens with zero attached hydrogens (tertiary/aromatic N) is 3. The molecule has 1 aromatic rings. The molecular formula is C14H21Cl2IN4O. The molecule has 1 aliphatic rings. The van der Waals surface area contributed by atoms with Crippen molar-refractivity contribution in [2.75, 3.05) is 26.2 Å². The van der Waals surface area contributed by atoms with E-state index in [1.165, 1.54) is 6.20 Å². The van der Waals surface area contributed by atoms with Crippen LogP contribution in [0.4, 0.5) is 0 Å². The van der Waals surface area contributed by atoms with E-state index < -0.39 is 0 Å². The van der Waals surface area contributed by atoms with Crippen LogP contribution in [0.5, 0.6) is 5.88 Å². The van der Waals surface area contributed by atoms with Gasteiger partial charge in [0.15, 0.2) is 5.96 Å². The van der Waals surface area contributed by atoms with E-state index in [-0.39, 0.29) is 24.0 Å². The van der Waals surface area contributed by atoms with Crippen LogP contribution in [0.2, 0.25) is 10.0 Å². The van der Waals surface area contributed by atoms with Gasteiger partial charge in [0.1, 0.15) is 11.6 Å². The summed E-state index contributed by atoms with van der Waals surface area (Å²) in [4.78, 5) is 10.5. The number of aromatic nitrogens is 1. The predicted molar refractivity (Wildman–Crippen MR) is 102 cm³/mol. The van der Waals surface area contributed by atoms with Gasteiger partial charge < -0.3 is 15.4 Å². The molecule has 0 unspecified atom stereocenters. The SMILES string of the molecule is CC1CCN(C(N)=NCCOc2ncc(Cl)cc2Cl)CC1.I. The maximum atomic E-state index is 5.98. The Balaban J connectivity index is 0.00000242. The van der Waals surface area contributed by atoms with Crippen molar-refractivity contribution in [3.8, 4) is 5.88 Å². The first-order valence-electron chi connectivity index (χ1n) is 7.05. The van der Waals surface area contributed by atoms with Gasteiger partial charge in [-0.15, -0.1) is 24.0 Å². The van der Waals surface area contributed by atoms with Crippen molar-refractivity contribution in [1.82, 2.24) is 9.88 Å². The molecule has 2 N–H and O–H groups in total. The van der Waals surface area contributed by atoms with Gasteiger partial charge in [-0.05, 0) is 24.8 Å². The number of aliphatic imine (C=N–C) groups is 1. The van der Waals surface area contributed by atoms with Gasteiger partial charge in [-0.3, -0.25) is 0 Å². The Morgan fingerprint density at radius 3 is 2.77 bits per heavy atom. The quantitative estimate of drug-likeness (QED) is 0.325. The van der Waals surface area contributed by atoms with Gasteiger partial charge in [0.2, 0.25) is 5.88 Å². The standard InChI is InChI=1S/C14H20Cl2N4O.HI/c1-10-2-5-20(6-3-10)14(17)18-4-7-21-13-12(16)8-11(15)9-19-13;/h8-10H,2-7H2,1H3,(H2,17,18);1H. The Morgan fingerprint density at radius 1 is 1.45 bits per heavy atom. The van der Waals surface area contributed by atoms with E-state index in [0.717, 1.165) is 31.8 Å². The van der Waals surface area contributed by atoms with Crippen LogP contribution in [0, 0.1) is 5.92 Å². The highest BCUT2D eigenvalue weighted by molar-refractivity contribution is 14.0. The summed E-state index contributed by atoms with van der Waals surface area (Å²) in [5, 5.41) is 0.874. The lowest BCUT2D eigenvalue weighted by atomic mass is 10.00. The number of likely N-dealkylation sites (tertiary alicyclic amines) is 1. The first kappa shape index (κ1) is 19.6. The van der Waals surface area contributed by atoms with Crippen molar-refractivity contribution in [2.24, 2.45) is 16.6 Å². The highest BCUT2D eigenvalue weighted by Gasteiger charge is 2.16. The zero-order valence-corrected chi connectivity index (χ0v) is 16.3. The Hall–Kier alpha value is -0.470. The van der Waals surface area contributed by atoms with E-state index in [0.29, 0.717) is 35.0 Å². The van der Waals surface area contributed by atoms with Gasteiger partial charge in [0, 0.05) is 19.3 Å². The molecule has 2 rings (SSSR count). The van der Waals surface area contributed by atoms with E-state index >= 15 is 0 Å². The van der Waals surface area contributed by atoms with Crippen molar-refractivity contribution in [3.05, 3.63) is 22.3 Å². The van der Waals surface area contributed by atoms with Crippen molar-refractivity contribution in [2.45, 2.75) is 19.8 Å². The maximum Gasteiger partial charge on any atom is 0.232 e. The molecule has 0 saturated carbocycles. The third-order valence-corrected chi connectivity index (χ3v) is 3.96. The van der Waals surface area contributed by atoms with Crippen LogP contribution in [0.25, 0.3) is 0 Å². The lowest BCUT2D eigenvalue weighted by Crippen LogP contribution is -2.42. The van der Waals surface area contributed by atoms with Gasteiger partial charge in [-0.1, -0.05) is 30.1 Å². The fourth-order valence-electron chi connectivity index (χ4n) is 2.15. The number of guanidine groups is 1. The summed E-state index contributed by atoms with van der Waals surface area (Å²) in [5.74, 6) is 1.72. The number of rotatable bonds is 4. The minimum atomic E-state index is 0. The first-order chi connectivity index (χ1) is 10.1. The number of ether oxygens (including phenoxy) is 1. The summed E-state index contributed by atoms with van der Waals surface area (Å²) in [5.41, 5.74) is 5.98. The minimum Gasteiger partial charge on any atom is -0.475 e. The van der Waals surface area contributed by atoms with Crippen LogP contribution in [0.1, 0.15) is 19.8 Å². The second-order valence-electron chi connectivity index (χ2n) is 5.20. The zero-order chi connectivity index (χ0) is 15.2. The summed E-state index contributed by atoms with van der Waals surface area (Å²) < 4.78 is 5.46. The second kappa shape index (κ2) is 9.62. The van der Waals surface area contributed by atoms with E-state index in [1.807, 2.05) is 0 Å². The van der Waals surface area contributed by atoms with Gasteiger partial charge in [-0.2, -0.15) is 0 Å². The summed E-state index contributed by atoms with van der Waals surface area (Å²) in [6.07, 6.45) is 3.82. The van der Waals surface area contributed by atoms with Gasteiger partial charge in [-0.25, -0.2) is 9.98 Å². The Bertz CT molecular complexity index is 508. The van der Waals surface area contributed by atoms with E-state index in [4.69, 9.17) is 33.7 Å². The Labute approximate surface area is 158 Å².